The van der Waals surface area contributed by atoms with Crippen LogP contribution >= 0.6 is 15.9 Å². The number of Topliss-reactive ketones (excluding diaryl/α,β-unsaturated/α-hetero) is 1. The van der Waals surface area contributed by atoms with E-state index >= 15 is 0 Å². The Hall–Kier alpha value is -1.87. The number of halogens is 1. The van der Waals surface area contributed by atoms with E-state index in [2.05, 4.69) is 15.9 Å². The van der Waals surface area contributed by atoms with Gasteiger partial charge in [-0.3, -0.25) is 4.79 Å². The van der Waals surface area contributed by atoms with Crippen molar-refractivity contribution in [3.63, 3.8) is 0 Å². The molecule has 0 saturated carbocycles. The van der Waals surface area contributed by atoms with E-state index in [4.69, 9.17) is 0 Å². The molecular formula is C15H8BrO2-. The van der Waals surface area contributed by atoms with E-state index in [9.17, 15) is 9.90 Å². The maximum atomic E-state index is 12.3. The Kier molecular flexibility index (Phi) is 2.56. The fourth-order valence-electron chi connectivity index (χ4n) is 2.16. The van der Waals surface area contributed by atoms with Gasteiger partial charge in [-0.1, -0.05) is 64.2 Å². The SMILES string of the molecule is O=C1C(c2ccccc2Br)=C([O-])c2ccccc21. The predicted molar refractivity (Wildman–Crippen MR) is 71.7 cm³/mol. The van der Waals surface area contributed by atoms with E-state index in [0.29, 0.717) is 16.7 Å². The largest absolute Gasteiger partial charge is 0.872 e. The van der Waals surface area contributed by atoms with E-state index in [1.54, 1.807) is 30.3 Å². The lowest BCUT2D eigenvalue weighted by atomic mass is 10.0. The van der Waals surface area contributed by atoms with Crippen molar-refractivity contribution in [1.82, 2.24) is 0 Å². The molecular weight excluding hydrogens is 292 g/mol. The zero-order chi connectivity index (χ0) is 12.7. The number of allylic oxidation sites excluding steroid dienone is 1. The average Bonchev–Trinajstić information content (AvgIpc) is 2.64. The summed E-state index contributed by atoms with van der Waals surface area (Å²) in [6.07, 6.45) is 0. The predicted octanol–water partition coefficient (Wildman–Crippen LogP) is 2.87. The zero-order valence-electron chi connectivity index (χ0n) is 9.31. The molecule has 0 heterocycles. The van der Waals surface area contributed by atoms with Crippen LogP contribution in [-0.4, -0.2) is 5.78 Å². The molecule has 2 nitrogen and oxygen atoms in total. The third-order valence-electron chi connectivity index (χ3n) is 3.01. The van der Waals surface area contributed by atoms with Gasteiger partial charge in [-0.05, 0) is 17.2 Å². The Bertz CT molecular complexity index is 686. The third-order valence-corrected chi connectivity index (χ3v) is 3.71. The number of hydrogen-bond donors (Lipinski definition) is 0. The topological polar surface area (TPSA) is 40.1 Å². The van der Waals surface area contributed by atoms with Crippen LogP contribution in [0.1, 0.15) is 21.5 Å². The molecule has 2 aromatic carbocycles. The molecule has 0 radical (unpaired) electrons. The minimum Gasteiger partial charge on any atom is -0.872 e. The molecule has 0 unspecified atom stereocenters. The van der Waals surface area contributed by atoms with Crippen molar-refractivity contribution in [2.75, 3.05) is 0 Å². The maximum Gasteiger partial charge on any atom is 0.193 e. The summed E-state index contributed by atoms with van der Waals surface area (Å²) in [5.74, 6) is -0.384. The number of ketones is 1. The van der Waals surface area contributed by atoms with Gasteiger partial charge < -0.3 is 5.11 Å². The van der Waals surface area contributed by atoms with Gasteiger partial charge in [0.1, 0.15) is 0 Å². The van der Waals surface area contributed by atoms with Crippen molar-refractivity contribution in [2.45, 2.75) is 0 Å². The highest BCUT2D eigenvalue weighted by atomic mass is 79.9. The van der Waals surface area contributed by atoms with E-state index in [1.165, 1.54) is 0 Å². The van der Waals surface area contributed by atoms with Crippen LogP contribution in [-0.2, 0) is 0 Å². The van der Waals surface area contributed by atoms with Crippen molar-refractivity contribution in [3.8, 4) is 0 Å². The first-order chi connectivity index (χ1) is 8.70. The number of hydrogen-bond acceptors (Lipinski definition) is 2. The molecule has 0 fully saturated rings. The first-order valence-corrected chi connectivity index (χ1v) is 6.29. The van der Waals surface area contributed by atoms with E-state index in [-0.39, 0.29) is 17.1 Å². The maximum absolute atomic E-state index is 12.3. The Balaban J connectivity index is 2.25. The van der Waals surface area contributed by atoms with Gasteiger partial charge in [-0.15, -0.1) is 0 Å². The smallest absolute Gasteiger partial charge is 0.193 e. The number of fused-ring (bicyclic) bond motifs is 1. The highest BCUT2D eigenvalue weighted by Crippen LogP contribution is 2.37. The first-order valence-electron chi connectivity index (χ1n) is 5.50. The minimum absolute atomic E-state index is 0.192. The van der Waals surface area contributed by atoms with Crippen molar-refractivity contribution < 1.29 is 9.90 Å². The molecule has 0 spiro atoms. The Morgan fingerprint density at radius 2 is 1.39 bits per heavy atom. The summed E-state index contributed by atoms with van der Waals surface area (Å²) in [7, 11) is 0. The third kappa shape index (κ3) is 1.51. The first kappa shape index (κ1) is 11.2. The second kappa shape index (κ2) is 4.10. The molecule has 0 saturated heterocycles. The van der Waals surface area contributed by atoms with Crippen molar-refractivity contribution in [1.29, 1.82) is 0 Å². The normalized spacial score (nSPS) is 13.9. The molecule has 0 N–H and O–H groups in total. The highest BCUT2D eigenvalue weighted by molar-refractivity contribution is 9.10. The fraction of sp³-hybridized carbons (Fsp3) is 0. The van der Waals surface area contributed by atoms with Crippen LogP contribution in [0, 0.1) is 0 Å². The standard InChI is InChI=1S/C15H9BrO2/c16-12-8-4-3-7-11(12)13-14(17)9-5-1-2-6-10(9)15(13)18/h1-8,17H/p-1. The van der Waals surface area contributed by atoms with Gasteiger partial charge in [0.05, 0.1) is 0 Å². The average molecular weight is 300 g/mol. The quantitative estimate of drug-likeness (QED) is 0.812. The van der Waals surface area contributed by atoms with Crippen LogP contribution in [0.25, 0.3) is 11.3 Å². The monoisotopic (exact) mass is 299 g/mol. The van der Waals surface area contributed by atoms with Gasteiger partial charge in [0.15, 0.2) is 5.78 Å². The summed E-state index contributed by atoms with van der Waals surface area (Å²) in [5, 5.41) is 12.3. The van der Waals surface area contributed by atoms with Gasteiger partial charge in [-0.25, -0.2) is 0 Å². The number of rotatable bonds is 1. The van der Waals surface area contributed by atoms with Gasteiger partial charge in [0, 0.05) is 15.6 Å². The van der Waals surface area contributed by atoms with Crippen LogP contribution < -0.4 is 5.11 Å². The molecule has 0 aromatic heterocycles. The molecule has 1 aliphatic carbocycles. The van der Waals surface area contributed by atoms with Gasteiger partial charge in [0.25, 0.3) is 0 Å². The fourth-order valence-corrected chi connectivity index (χ4v) is 2.64. The number of carbonyl (C=O) groups excluding carboxylic acids is 1. The highest BCUT2D eigenvalue weighted by Gasteiger charge is 2.26. The number of benzene rings is 2. The summed E-state index contributed by atoms with van der Waals surface area (Å²) in [6, 6.07) is 14.2. The molecule has 3 heteroatoms. The molecule has 0 aliphatic heterocycles. The van der Waals surface area contributed by atoms with E-state index < -0.39 is 0 Å². The lowest BCUT2D eigenvalue weighted by molar-refractivity contribution is -0.242. The van der Waals surface area contributed by atoms with Crippen LogP contribution in [0.4, 0.5) is 0 Å². The Labute approximate surface area is 113 Å². The summed E-state index contributed by atoms with van der Waals surface area (Å²) < 4.78 is 0.759. The van der Waals surface area contributed by atoms with E-state index in [1.807, 2.05) is 18.2 Å². The molecule has 0 atom stereocenters. The summed E-state index contributed by atoms with van der Waals surface area (Å²) in [4.78, 5) is 12.3. The Morgan fingerprint density at radius 3 is 2.00 bits per heavy atom. The van der Waals surface area contributed by atoms with Crippen LogP contribution in [0.2, 0.25) is 0 Å². The molecule has 18 heavy (non-hydrogen) atoms. The van der Waals surface area contributed by atoms with Crippen LogP contribution in [0.5, 0.6) is 0 Å². The van der Waals surface area contributed by atoms with Crippen molar-refractivity contribution >= 4 is 33.0 Å². The van der Waals surface area contributed by atoms with Crippen LogP contribution in [0.3, 0.4) is 0 Å². The summed E-state index contributed by atoms with van der Waals surface area (Å²) in [5.41, 5.74) is 1.90. The van der Waals surface area contributed by atoms with Gasteiger partial charge >= 0.3 is 0 Å². The van der Waals surface area contributed by atoms with Gasteiger partial charge in [0.2, 0.25) is 0 Å². The minimum atomic E-state index is -0.192. The number of carbonyl (C=O) groups is 1. The van der Waals surface area contributed by atoms with Crippen molar-refractivity contribution in [2.24, 2.45) is 0 Å². The van der Waals surface area contributed by atoms with Crippen molar-refractivity contribution in [3.05, 3.63) is 69.7 Å². The van der Waals surface area contributed by atoms with Gasteiger partial charge in [-0.2, -0.15) is 0 Å². The summed E-state index contributed by atoms with van der Waals surface area (Å²) in [6.45, 7) is 0. The lowest BCUT2D eigenvalue weighted by Crippen LogP contribution is -2.03. The molecule has 0 amide bonds. The second-order valence-electron chi connectivity index (χ2n) is 4.06. The summed E-state index contributed by atoms with van der Waals surface area (Å²) >= 11 is 3.38. The second-order valence-corrected chi connectivity index (χ2v) is 4.91. The zero-order valence-corrected chi connectivity index (χ0v) is 10.9. The molecule has 1 aliphatic rings. The molecule has 88 valence electrons. The van der Waals surface area contributed by atoms with E-state index in [0.717, 1.165) is 4.47 Å². The van der Waals surface area contributed by atoms with Crippen LogP contribution in [0.15, 0.2) is 53.0 Å². The molecule has 2 aromatic rings. The lowest BCUT2D eigenvalue weighted by Gasteiger charge is -2.12. The molecule has 3 rings (SSSR count). The molecule has 0 bridgehead atoms. The Morgan fingerprint density at radius 1 is 0.833 bits per heavy atom.